The van der Waals surface area contributed by atoms with Gasteiger partial charge in [-0.05, 0) is 42.8 Å². The first-order valence-corrected chi connectivity index (χ1v) is 10.8. The molecular weight excluding hydrogens is 428 g/mol. The van der Waals surface area contributed by atoms with Crippen molar-refractivity contribution in [2.45, 2.75) is 13.5 Å². The lowest BCUT2D eigenvalue weighted by molar-refractivity contribution is -0.132. The van der Waals surface area contributed by atoms with Crippen LogP contribution in [-0.2, 0) is 11.3 Å². The van der Waals surface area contributed by atoms with Crippen LogP contribution in [-0.4, -0.2) is 53.9 Å². The molecule has 2 aromatic carbocycles. The SMILES string of the molecule is COc1cccc(-c2ccc(=O)n(CC(=O)N3CCN(c4cc(Cl)ccc4C)CC3)n2)c1. The van der Waals surface area contributed by atoms with Crippen LogP contribution in [0.5, 0.6) is 5.75 Å². The van der Waals surface area contributed by atoms with Gasteiger partial charge in [0.15, 0.2) is 0 Å². The summed E-state index contributed by atoms with van der Waals surface area (Å²) in [5.41, 5.74) is 3.36. The molecule has 0 aliphatic carbocycles. The Morgan fingerprint density at radius 1 is 1.06 bits per heavy atom. The Kier molecular flexibility index (Phi) is 6.46. The summed E-state index contributed by atoms with van der Waals surface area (Å²) >= 11 is 6.16. The zero-order valence-corrected chi connectivity index (χ0v) is 18.9. The highest BCUT2D eigenvalue weighted by Gasteiger charge is 2.23. The summed E-state index contributed by atoms with van der Waals surface area (Å²) < 4.78 is 6.49. The Hall–Kier alpha value is -3.32. The Labute approximate surface area is 191 Å². The molecule has 0 atom stereocenters. The standard InChI is InChI=1S/C24H25ClN4O3/c1-17-6-7-19(25)15-22(17)27-10-12-28(13-11-27)24(31)16-29-23(30)9-8-21(26-29)18-4-3-5-20(14-18)32-2/h3-9,14-15H,10-13,16H2,1-2H3. The average molecular weight is 453 g/mol. The predicted octanol–water partition coefficient (Wildman–Crippen LogP) is 3.23. The smallest absolute Gasteiger partial charge is 0.267 e. The van der Waals surface area contributed by atoms with Crippen molar-refractivity contribution >= 4 is 23.2 Å². The van der Waals surface area contributed by atoms with E-state index >= 15 is 0 Å². The first-order valence-electron chi connectivity index (χ1n) is 10.5. The molecule has 0 unspecified atom stereocenters. The molecule has 8 heteroatoms. The van der Waals surface area contributed by atoms with Crippen LogP contribution in [0.2, 0.25) is 5.02 Å². The van der Waals surface area contributed by atoms with Crippen molar-refractivity contribution in [2.75, 3.05) is 38.2 Å². The predicted molar refractivity (Wildman–Crippen MR) is 125 cm³/mol. The molecule has 1 saturated heterocycles. The van der Waals surface area contributed by atoms with Gasteiger partial charge in [0.1, 0.15) is 12.3 Å². The molecule has 1 aliphatic rings. The highest BCUT2D eigenvalue weighted by Crippen LogP contribution is 2.25. The van der Waals surface area contributed by atoms with Crippen LogP contribution < -0.4 is 15.2 Å². The fourth-order valence-corrected chi connectivity index (χ4v) is 4.01. The fourth-order valence-electron chi connectivity index (χ4n) is 3.85. The van der Waals surface area contributed by atoms with E-state index < -0.39 is 0 Å². The molecule has 32 heavy (non-hydrogen) atoms. The van der Waals surface area contributed by atoms with E-state index in [9.17, 15) is 9.59 Å². The van der Waals surface area contributed by atoms with Gasteiger partial charge in [-0.1, -0.05) is 29.8 Å². The molecule has 4 rings (SSSR count). The third kappa shape index (κ3) is 4.78. The van der Waals surface area contributed by atoms with Crippen molar-refractivity contribution in [2.24, 2.45) is 0 Å². The molecule has 1 fully saturated rings. The maximum Gasteiger partial charge on any atom is 0.267 e. The summed E-state index contributed by atoms with van der Waals surface area (Å²) in [5.74, 6) is 0.579. The summed E-state index contributed by atoms with van der Waals surface area (Å²) in [5, 5.41) is 5.11. The lowest BCUT2D eigenvalue weighted by Gasteiger charge is -2.37. The van der Waals surface area contributed by atoms with E-state index in [1.54, 1.807) is 18.1 Å². The van der Waals surface area contributed by atoms with E-state index in [0.717, 1.165) is 16.8 Å². The van der Waals surface area contributed by atoms with Crippen LogP contribution in [0.15, 0.2) is 59.4 Å². The number of aromatic nitrogens is 2. The molecule has 166 valence electrons. The minimum absolute atomic E-state index is 0.0904. The van der Waals surface area contributed by atoms with Crippen LogP contribution in [0.4, 0.5) is 5.69 Å². The second-order valence-corrected chi connectivity index (χ2v) is 8.18. The Bertz CT molecular complexity index is 1190. The largest absolute Gasteiger partial charge is 0.497 e. The molecule has 3 aromatic rings. The summed E-state index contributed by atoms with van der Waals surface area (Å²) in [6.45, 7) is 4.53. The Balaban J connectivity index is 1.44. The number of anilines is 1. The maximum atomic E-state index is 12.9. The molecule has 1 aromatic heterocycles. The van der Waals surface area contributed by atoms with Gasteiger partial charge < -0.3 is 14.5 Å². The number of carbonyl (C=O) groups excluding carboxylic acids is 1. The van der Waals surface area contributed by atoms with Crippen molar-refractivity contribution in [3.8, 4) is 17.0 Å². The van der Waals surface area contributed by atoms with Gasteiger partial charge >= 0.3 is 0 Å². The van der Waals surface area contributed by atoms with Crippen LogP contribution >= 0.6 is 11.6 Å². The highest BCUT2D eigenvalue weighted by molar-refractivity contribution is 6.30. The van der Waals surface area contributed by atoms with Crippen molar-refractivity contribution < 1.29 is 9.53 Å². The minimum atomic E-state index is -0.307. The van der Waals surface area contributed by atoms with E-state index in [0.29, 0.717) is 42.6 Å². The number of amides is 1. The third-order valence-corrected chi connectivity index (χ3v) is 5.90. The van der Waals surface area contributed by atoms with Gasteiger partial charge in [0.25, 0.3) is 5.56 Å². The first-order chi connectivity index (χ1) is 15.4. The van der Waals surface area contributed by atoms with E-state index in [1.807, 2.05) is 42.5 Å². The molecule has 0 bridgehead atoms. The quantitative estimate of drug-likeness (QED) is 0.594. The van der Waals surface area contributed by atoms with Gasteiger partial charge in [0.2, 0.25) is 5.91 Å². The Morgan fingerprint density at radius 2 is 1.84 bits per heavy atom. The molecule has 2 heterocycles. The number of benzene rings is 2. The lowest BCUT2D eigenvalue weighted by Crippen LogP contribution is -2.50. The molecule has 0 N–H and O–H groups in total. The third-order valence-electron chi connectivity index (χ3n) is 5.66. The van der Waals surface area contributed by atoms with Gasteiger partial charge in [-0.15, -0.1) is 0 Å². The number of hydrogen-bond donors (Lipinski definition) is 0. The van der Waals surface area contributed by atoms with E-state index in [2.05, 4.69) is 16.9 Å². The van der Waals surface area contributed by atoms with Crippen LogP contribution in [0.3, 0.4) is 0 Å². The second-order valence-electron chi connectivity index (χ2n) is 7.75. The van der Waals surface area contributed by atoms with E-state index in [-0.39, 0.29) is 18.0 Å². The summed E-state index contributed by atoms with van der Waals surface area (Å²) in [6, 6.07) is 16.4. The number of methoxy groups -OCH3 is 1. The van der Waals surface area contributed by atoms with Gasteiger partial charge in [-0.2, -0.15) is 5.10 Å². The van der Waals surface area contributed by atoms with Crippen LogP contribution in [0, 0.1) is 6.92 Å². The molecule has 7 nitrogen and oxygen atoms in total. The van der Waals surface area contributed by atoms with Crippen molar-refractivity contribution in [1.82, 2.24) is 14.7 Å². The number of carbonyl (C=O) groups is 1. The molecule has 1 aliphatic heterocycles. The van der Waals surface area contributed by atoms with E-state index in [4.69, 9.17) is 16.3 Å². The highest BCUT2D eigenvalue weighted by atomic mass is 35.5. The number of hydrogen-bond acceptors (Lipinski definition) is 5. The number of aryl methyl sites for hydroxylation is 1. The zero-order valence-electron chi connectivity index (χ0n) is 18.1. The molecule has 0 radical (unpaired) electrons. The second kappa shape index (κ2) is 9.44. The zero-order chi connectivity index (χ0) is 22.7. The molecule has 1 amide bonds. The number of ether oxygens (including phenoxy) is 1. The average Bonchev–Trinajstić information content (AvgIpc) is 2.82. The van der Waals surface area contributed by atoms with Gasteiger partial charge in [0, 0.05) is 48.5 Å². The van der Waals surface area contributed by atoms with Gasteiger partial charge in [-0.3, -0.25) is 9.59 Å². The summed E-state index contributed by atoms with van der Waals surface area (Å²) in [4.78, 5) is 29.2. The van der Waals surface area contributed by atoms with Crippen molar-refractivity contribution in [3.05, 3.63) is 75.5 Å². The van der Waals surface area contributed by atoms with E-state index in [1.165, 1.54) is 10.7 Å². The normalized spacial score (nSPS) is 13.8. The van der Waals surface area contributed by atoms with Gasteiger partial charge in [0.05, 0.1) is 12.8 Å². The Morgan fingerprint density at radius 3 is 2.59 bits per heavy atom. The number of nitrogens with zero attached hydrogens (tertiary/aromatic N) is 4. The number of piperazine rings is 1. The number of halogens is 1. The molecule has 0 saturated carbocycles. The van der Waals surface area contributed by atoms with Gasteiger partial charge in [-0.25, -0.2) is 4.68 Å². The minimum Gasteiger partial charge on any atom is -0.497 e. The molecular formula is C24H25ClN4O3. The maximum absolute atomic E-state index is 12.9. The van der Waals surface area contributed by atoms with Crippen LogP contribution in [0.1, 0.15) is 5.56 Å². The fraction of sp³-hybridized carbons (Fsp3) is 0.292. The summed E-state index contributed by atoms with van der Waals surface area (Å²) in [6.07, 6.45) is 0. The monoisotopic (exact) mass is 452 g/mol. The van der Waals surface area contributed by atoms with Crippen molar-refractivity contribution in [1.29, 1.82) is 0 Å². The molecule has 0 spiro atoms. The van der Waals surface area contributed by atoms with Crippen LogP contribution in [0.25, 0.3) is 11.3 Å². The first kappa shape index (κ1) is 21.9. The number of rotatable bonds is 5. The van der Waals surface area contributed by atoms with Crippen molar-refractivity contribution in [3.63, 3.8) is 0 Å². The summed E-state index contributed by atoms with van der Waals surface area (Å²) in [7, 11) is 1.60. The topological polar surface area (TPSA) is 67.7 Å². The lowest BCUT2D eigenvalue weighted by atomic mass is 10.1.